The molecule has 0 saturated heterocycles. The summed E-state index contributed by atoms with van der Waals surface area (Å²) in [4.78, 5) is 6.43. The molecular formula is C15H20ClN3O2. The van der Waals surface area contributed by atoms with E-state index < -0.39 is 5.60 Å². The van der Waals surface area contributed by atoms with Crippen molar-refractivity contribution < 1.29 is 9.63 Å². The van der Waals surface area contributed by atoms with Crippen molar-refractivity contribution in [2.45, 2.75) is 32.9 Å². The molecule has 1 heterocycles. The second-order valence-corrected chi connectivity index (χ2v) is 6.02. The van der Waals surface area contributed by atoms with E-state index in [1.807, 2.05) is 25.1 Å². The van der Waals surface area contributed by atoms with Crippen LogP contribution in [0.25, 0.3) is 11.5 Å². The maximum atomic E-state index is 9.89. The van der Waals surface area contributed by atoms with Gasteiger partial charge in [-0.25, -0.2) is 0 Å². The molecule has 114 valence electrons. The van der Waals surface area contributed by atoms with E-state index >= 15 is 0 Å². The van der Waals surface area contributed by atoms with Gasteiger partial charge >= 0.3 is 0 Å². The van der Waals surface area contributed by atoms with E-state index in [-0.39, 0.29) is 0 Å². The molecular weight excluding hydrogens is 290 g/mol. The SMILES string of the molecule is CCN(Cc1noc(-c2ccccc2Cl)n1)CC(C)(C)O. The Balaban J connectivity index is 2.11. The Hall–Kier alpha value is -1.43. The number of hydrogen-bond donors (Lipinski definition) is 1. The molecule has 1 aromatic carbocycles. The molecule has 5 nitrogen and oxygen atoms in total. The zero-order chi connectivity index (χ0) is 15.5. The standard InChI is InChI=1S/C15H20ClN3O2/c1-4-19(10-15(2,3)20)9-13-17-14(21-18-13)11-7-5-6-8-12(11)16/h5-8,20H,4,9-10H2,1-3H3. The molecule has 2 rings (SSSR count). The molecule has 0 spiro atoms. The number of halogens is 1. The maximum absolute atomic E-state index is 9.89. The minimum atomic E-state index is -0.759. The van der Waals surface area contributed by atoms with Gasteiger partial charge in [-0.3, -0.25) is 4.90 Å². The molecule has 0 saturated carbocycles. The van der Waals surface area contributed by atoms with Gasteiger partial charge in [-0.05, 0) is 32.5 Å². The van der Waals surface area contributed by atoms with Gasteiger partial charge in [0.2, 0.25) is 0 Å². The zero-order valence-corrected chi connectivity index (χ0v) is 13.3. The van der Waals surface area contributed by atoms with Crippen LogP contribution in [0.2, 0.25) is 5.02 Å². The maximum Gasteiger partial charge on any atom is 0.259 e. The lowest BCUT2D eigenvalue weighted by atomic mass is 10.1. The Morgan fingerprint density at radius 2 is 2.05 bits per heavy atom. The second kappa shape index (κ2) is 6.56. The third-order valence-electron chi connectivity index (χ3n) is 3.00. The lowest BCUT2D eigenvalue weighted by Gasteiger charge is -2.26. The Morgan fingerprint density at radius 3 is 2.67 bits per heavy atom. The smallest absolute Gasteiger partial charge is 0.259 e. The molecule has 1 N–H and O–H groups in total. The predicted molar refractivity (Wildman–Crippen MR) is 82.0 cm³/mol. The topological polar surface area (TPSA) is 62.4 Å². The van der Waals surface area contributed by atoms with Crippen molar-refractivity contribution in [2.75, 3.05) is 13.1 Å². The van der Waals surface area contributed by atoms with Gasteiger partial charge in [0, 0.05) is 6.54 Å². The van der Waals surface area contributed by atoms with Crippen LogP contribution in [-0.2, 0) is 6.54 Å². The summed E-state index contributed by atoms with van der Waals surface area (Å²) in [7, 11) is 0. The van der Waals surface area contributed by atoms with Gasteiger partial charge < -0.3 is 9.63 Å². The van der Waals surface area contributed by atoms with Gasteiger partial charge in [0.1, 0.15) is 0 Å². The summed E-state index contributed by atoms with van der Waals surface area (Å²) in [6.07, 6.45) is 0. The molecule has 0 unspecified atom stereocenters. The lowest BCUT2D eigenvalue weighted by molar-refractivity contribution is 0.0343. The molecule has 6 heteroatoms. The van der Waals surface area contributed by atoms with Crippen molar-refractivity contribution in [3.63, 3.8) is 0 Å². The van der Waals surface area contributed by atoms with E-state index in [4.69, 9.17) is 16.1 Å². The van der Waals surface area contributed by atoms with E-state index in [1.54, 1.807) is 19.9 Å². The summed E-state index contributed by atoms with van der Waals surface area (Å²) in [5.74, 6) is 0.992. The summed E-state index contributed by atoms with van der Waals surface area (Å²) < 4.78 is 5.27. The fourth-order valence-electron chi connectivity index (χ4n) is 2.09. The summed E-state index contributed by atoms with van der Waals surface area (Å²) in [6, 6.07) is 7.35. The quantitative estimate of drug-likeness (QED) is 0.889. The van der Waals surface area contributed by atoms with Gasteiger partial charge in [-0.1, -0.05) is 35.8 Å². The van der Waals surface area contributed by atoms with Crippen LogP contribution in [0.15, 0.2) is 28.8 Å². The van der Waals surface area contributed by atoms with Crippen LogP contribution in [0.5, 0.6) is 0 Å². The monoisotopic (exact) mass is 309 g/mol. The van der Waals surface area contributed by atoms with Crippen LogP contribution >= 0.6 is 11.6 Å². The van der Waals surface area contributed by atoms with Crippen LogP contribution < -0.4 is 0 Å². The van der Waals surface area contributed by atoms with Gasteiger partial charge in [0.15, 0.2) is 5.82 Å². The van der Waals surface area contributed by atoms with Crippen molar-refractivity contribution in [3.8, 4) is 11.5 Å². The first kappa shape index (κ1) is 15.9. The minimum Gasteiger partial charge on any atom is -0.389 e. The number of benzene rings is 1. The van der Waals surface area contributed by atoms with Gasteiger partial charge in [-0.15, -0.1) is 0 Å². The van der Waals surface area contributed by atoms with Crippen LogP contribution in [0.1, 0.15) is 26.6 Å². The predicted octanol–water partition coefficient (Wildman–Crippen LogP) is 2.98. The highest BCUT2D eigenvalue weighted by Crippen LogP contribution is 2.26. The summed E-state index contributed by atoms with van der Waals surface area (Å²) in [5, 5.41) is 14.5. The van der Waals surface area contributed by atoms with Crippen molar-refractivity contribution >= 4 is 11.6 Å². The Kier molecular flexibility index (Phi) is 4.98. The average Bonchev–Trinajstić information content (AvgIpc) is 2.85. The van der Waals surface area contributed by atoms with Crippen LogP contribution in [-0.4, -0.2) is 38.8 Å². The van der Waals surface area contributed by atoms with Crippen molar-refractivity contribution in [1.82, 2.24) is 15.0 Å². The van der Waals surface area contributed by atoms with E-state index in [0.29, 0.717) is 29.8 Å². The van der Waals surface area contributed by atoms with E-state index in [0.717, 1.165) is 12.1 Å². The molecule has 21 heavy (non-hydrogen) atoms. The minimum absolute atomic E-state index is 0.412. The van der Waals surface area contributed by atoms with Crippen molar-refractivity contribution in [2.24, 2.45) is 0 Å². The molecule has 0 amide bonds. The molecule has 2 aromatic rings. The Morgan fingerprint density at radius 1 is 1.33 bits per heavy atom. The third kappa shape index (κ3) is 4.52. The van der Waals surface area contributed by atoms with Gasteiger partial charge in [-0.2, -0.15) is 4.98 Å². The molecule has 0 radical (unpaired) electrons. The first-order valence-electron chi connectivity index (χ1n) is 6.91. The molecule has 0 aliphatic heterocycles. The normalized spacial score (nSPS) is 12.1. The molecule has 0 aliphatic rings. The largest absolute Gasteiger partial charge is 0.389 e. The average molecular weight is 310 g/mol. The number of nitrogens with zero attached hydrogens (tertiary/aromatic N) is 3. The Labute approximate surface area is 129 Å². The molecule has 0 aliphatic carbocycles. The molecule has 0 bridgehead atoms. The fourth-order valence-corrected chi connectivity index (χ4v) is 2.31. The summed E-state index contributed by atoms with van der Waals surface area (Å²) >= 11 is 6.12. The molecule has 0 atom stereocenters. The first-order valence-corrected chi connectivity index (χ1v) is 7.29. The van der Waals surface area contributed by atoms with E-state index in [9.17, 15) is 5.11 Å². The number of aromatic nitrogens is 2. The first-order chi connectivity index (χ1) is 9.89. The van der Waals surface area contributed by atoms with Crippen molar-refractivity contribution in [1.29, 1.82) is 0 Å². The number of likely N-dealkylation sites (N-methyl/N-ethyl adjacent to an activating group) is 1. The van der Waals surface area contributed by atoms with E-state index in [1.165, 1.54) is 0 Å². The van der Waals surface area contributed by atoms with Gasteiger partial charge in [0.05, 0.1) is 22.7 Å². The molecule has 0 fully saturated rings. The summed E-state index contributed by atoms with van der Waals surface area (Å²) in [6.45, 7) is 7.44. The number of rotatable bonds is 6. The highest BCUT2D eigenvalue weighted by molar-refractivity contribution is 6.33. The number of aliphatic hydroxyl groups is 1. The van der Waals surface area contributed by atoms with Crippen LogP contribution in [0.4, 0.5) is 0 Å². The number of hydrogen-bond acceptors (Lipinski definition) is 5. The zero-order valence-electron chi connectivity index (χ0n) is 12.5. The van der Waals surface area contributed by atoms with E-state index in [2.05, 4.69) is 15.0 Å². The van der Waals surface area contributed by atoms with Crippen LogP contribution in [0, 0.1) is 0 Å². The highest BCUT2D eigenvalue weighted by Gasteiger charge is 2.19. The Bertz CT molecular complexity index is 593. The molecule has 1 aromatic heterocycles. The van der Waals surface area contributed by atoms with Gasteiger partial charge in [0.25, 0.3) is 5.89 Å². The lowest BCUT2D eigenvalue weighted by Crippen LogP contribution is -2.38. The fraction of sp³-hybridized carbons (Fsp3) is 0.467. The summed E-state index contributed by atoms with van der Waals surface area (Å²) in [5.41, 5.74) is -0.0332. The van der Waals surface area contributed by atoms with Crippen LogP contribution in [0.3, 0.4) is 0 Å². The third-order valence-corrected chi connectivity index (χ3v) is 3.32. The second-order valence-electron chi connectivity index (χ2n) is 5.61. The van der Waals surface area contributed by atoms with Crippen molar-refractivity contribution in [3.05, 3.63) is 35.1 Å². The highest BCUT2D eigenvalue weighted by atomic mass is 35.5.